The van der Waals surface area contributed by atoms with Gasteiger partial charge in [0.2, 0.25) is 22.3 Å². The Labute approximate surface area is 290 Å². The number of hydrogen-bond acceptors (Lipinski definition) is 10. The lowest BCUT2D eigenvalue weighted by molar-refractivity contribution is -0.366. The molecular formula is C34H38BFN4O6S2. The third-order valence-electron chi connectivity index (χ3n) is 5.96. The maximum Gasteiger partial charge on any atom is 0.430 e. The maximum atomic E-state index is 9.89. The van der Waals surface area contributed by atoms with Crippen molar-refractivity contribution in [3.63, 3.8) is 0 Å². The highest BCUT2D eigenvalue weighted by molar-refractivity contribution is 7.99. The number of hydrogen-bond donors (Lipinski definition) is 0. The van der Waals surface area contributed by atoms with Crippen molar-refractivity contribution in [3.05, 3.63) is 93.9 Å². The van der Waals surface area contributed by atoms with Gasteiger partial charge in [0, 0.05) is 21.9 Å². The zero-order valence-electron chi connectivity index (χ0n) is 27.8. The van der Waals surface area contributed by atoms with Crippen LogP contribution in [0.2, 0.25) is 0 Å². The van der Waals surface area contributed by atoms with E-state index in [9.17, 15) is 4.32 Å². The van der Waals surface area contributed by atoms with Crippen molar-refractivity contribution in [2.24, 2.45) is 0 Å². The van der Waals surface area contributed by atoms with Gasteiger partial charge in [0.25, 0.3) is 0 Å². The van der Waals surface area contributed by atoms with E-state index >= 15 is 0 Å². The average Bonchev–Trinajstić information content (AvgIpc) is 3.06. The molecule has 48 heavy (non-hydrogen) atoms. The Balaban J connectivity index is 0.000000300. The first-order valence-corrected chi connectivity index (χ1v) is 16.7. The highest BCUT2D eigenvalue weighted by atomic mass is 32.2. The average molecular weight is 693 g/mol. The van der Waals surface area contributed by atoms with Crippen molar-refractivity contribution in [2.45, 2.75) is 61.1 Å². The van der Waals surface area contributed by atoms with E-state index in [1.165, 1.54) is 11.1 Å². The topological polar surface area (TPSA) is 139 Å². The molecule has 4 aromatic carbocycles. The van der Waals surface area contributed by atoms with Crippen LogP contribution in [-0.2, 0) is 0 Å². The van der Waals surface area contributed by atoms with Gasteiger partial charge in [0.15, 0.2) is 9.95 Å². The molecule has 4 rings (SSSR count). The van der Waals surface area contributed by atoms with Crippen molar-refractivity contribution in [2.75, 3.05) is 26.4 Å². The molecule has 0 amide bonds. The molecule has 0 fully saturated rings. The highest BCUT2D eigenvalue weighted by Gasteiger charge is 2.22. The molecule has 0 aliphatic carbocycles. The fourth-order valence-corrected chi connectivity index (χ4v) is 5.74. The summed E-state index contributed by atoms with van der Waals surface area (Å²) in [4.78, 5) is 10.6. The number of rotatable bonds is 12. The molecule has 0 radical (unpaired) electrons. The van der Waals surface area contributed by atoms with E-state index in [-0.39, 0.29) is 0 Å². The Morgan fingerprint density at radius 2 is 0.875 bits per heavy atom. The van der Waals surface area contributed by atoms with Gasteiger partial charge < -0.3 is 33.3 Å². The number of aryl methyl sites for hydroxylation is 2. The molecular weight excluding hydrogens is 654 g/mol. The summed E-state index contributed by atoms with van der Waals surface area (Å²) in [5, 5.41) is 34.9. The van der Waals surface area contributed by atoms with Crippen molar-refractivity contribution < 1.29 is 33.3 Å². The maximum absolute atomic E-state index is 9.89. The van der Waals surface area contributed by atoms with Crippen LogP contribution in [0.5, 0.6) is 23.0 Å². The van der Waals surface area contributed by atoms with Crippen LogP contribution >= 0.6 is 23.5 Å². The lowest BCUT2D eigenvalue weighted by Crippen LogP contribution is -2.39. The van der Waals surface area contributed by atoms with Crippen LogP contribution in [0, 0.1) is 24.6 Å². The first kappa shape index (κ1) is 39.7. The van der Waals surface area contributed by atoms with Crippen LogP contribution in [0.15, 0.2) is 92.4 Å². The zero-order chi connectivity index (χ0) is 35.5. The fourth-order valence-electron chi connectivity index (χ4n) is 3.92. The molecule has 10 nitrogen and oxygen atoms in total. The quantitative estimate of drug-likeness (QED) is 0.105. The molecule has 0 N–H and O–H groups in total. The second-order valence-corrected chi connectivity index (χ2v) is 11.8. The predicted octanol–water partition coefficient (Wildman–Crippen LogP) is 8.52. The van der Waals surface area contributed by atoms with E-state index in [0.717, 1.165) is 19.6 Å². The summed E-state index contributed by atoms with van der Waals surface area (Å²) in [5.41, 5.74) is 3.19. The highest BCUT2D eigenvalue weighted by Crippen LogP contribution is 2.44. The second kappa shape index (κ2) is 21.4. The first-order valence-electron chi connectivity index (χ1n) is 15.1. The van der Waals surface area contributed by atoms with E-state index in [1.807, 2.05) is 39.8 Å². The normalized spacial score (nSPS) is 9.81. The SMILES string of the molecule is CCOc1cc(Sc2ccc(C)cc2)c(OCC)cc1[N+]#N.CCOc1cc(Sc2ccc(C)cc2)c(OCC)cc1[N+]#N.[O-]B([O-])F. The van der Waals surface area contributed by atoms with Crippen LogP contribution in [0.4, 0.5) is 15.7 Å². The van der Waals surface area contributed by atoms with Gasteiger partial charge >= 0.3 is 11.4 Å². The molecule has 4 aromatic rings. The van der Waals surface area contributed by atoms with Crippen LogP contribution in [0.3, 0.4) is 0 Å². The number of benzene rings is 4. The van der Waals surface area contributed by atoms with Crippen molar-refractivity contribution in [3.8, 4) is 23.0 Å². The monoisotopic (exact) mass is 692 g/mol. The number of diazo groups is 2. The standard InChI is InChI=1S/2C17H19N2O2S.BFO2/c2*1-4-20-15-11-17(16(21-5-2)10-14(15)19-18)22-13-8-6-12(3)7-9-13;2-1(3)4/h2*6-11H,4-5H2,1-3H3;/q2*+1;-2. The predicted molar refractivity (Wildman–Crippen MR) is 185 cm³/mol. The Kier molecular flexibility index (Phi) is 17.7. The van der Waals surface area contributed by atoms with Gasteiger partial charge in [-0.05, 0) is 65.8 Å². The Morgan fingerprint density at radius 3 is 1.15 bits per heavy atom. The van der Waals surface area contributed by atoms with Crippen molar-refractivity contribution in [1.82, 2.24) is 0 Å². The summed E-state index contributed by atoms with van der Waals surface area (Å²) in [6, 6.07) is 23.7. The minimum atomic E-state index is -3.17. The van der Waals surface area contributed by atoms with Crippen LogP contribution in [0.25, 0.3) is 9.95 Å². The van der Waals surface area contributed by atoms with Crippen LogP contribution < -0.4 is 29.0 Å². The third-order valence-corrected chi connectivity index (χ3v) is 8.06. The molecule has 0 heterocycles. The van der Waals surface area contributed by atoms with Crippen molar-refractivity contribution in [1.29, 1.82) is 10.8 Å². The summed E-state index contributed by atoms with van der Waals surface area (Å²) in [6.07, 6.45) is 0. The van der Waals surface area contributed by atoms with E-state index in [2.05, 4.69) is 72.3 Å². The number of halogens is 1. The minimum Gasteiger partial charge on any atom is -0.867 e. The molecule has 14 heteroatoms. The van der Waals surface area contributed by atoms with E-state index in [1.54, 1.807) is 35.7 Å². The summed E-state index contributed by atoms with van der Waals surface area (Å²) < 4.78 is 32.3. The summed E-state index contributed by atoms with van der Waals surface area (Å²) in [7, 11) is -3.17. The van der Waals surface area contributed by atoms with Gasteiger partial charge in [0.05, 0.1) is 48.4 Å². The summed E-state index contributed by atoms with van der Waals surface area (Å²) in [5.74, 6) is 2.46. The Morgan fingerprint density at radius 1 is 0.583 bits per heavy atom. The van der Waals surface area contributed by atoms with E-state index in [0.29, 0.717) is 60.8 Å². The molecule has 0 saturated heterocycles. The molecule has 0 bridgehead atoms. The Bertz CT molecular complexity index is 1540. The van der Waals surface area contributed by atoms with Gasteiger partial charge in [-0.1, -0.05) is 58.9 Å². The number of nitrogens with zero attached hydrogens (tertiary/aromatic N) is 4. The molecule has 0 aliphatic heterocycles. The lowest BCUT2D eigenvalue weighted by Gasteiger charge is -2.11. The van der Waals surface area contributed by atoms with Gasteiger partial charge in [-0.3, -0.25) is 0 Å². The number of ether oxygens (including phenoxy) is 4. The molecule has 0 saturated carbocycles. The summed E-state index contributed by atoms with van der Waals surface area (Å²) >= 11 is 3.19. The van der Waals surface area contributed by atoms with Gasteiger partial charge in [-0.25, -0.2) is 0 Å². The fraction of sp³-hybridized carbons (Fsp3) is 0.294. The van der Waals surface area contributed by atoms with Crippen molar-refractivity contribution >= 4 is 42.3 Å². The van der Waals surface area contributed by atoms with E-state index in [4.69, 9.17) is 39.8 Å². The molecule has 0 spiro atoms. The van der Waals surface area contributed by atoms with Gasteiger partial charge in [-0.2, -0.15) is 0 Å². The van der Waals surface area contributed by atoms with Crippen LogP contribution in [0.1, 0.15) is 38.8 Å². The largest absolute Gasteiger partial charge is 0.867 e. The second-order valence-electron chi connectivity index (χ2n) is 9.57. The van der Waals surface area contributed by atoms with E-state index < -0.39 is 7.40 Å². The lowest BCUT2D eigenvalue weighted by atomic mass is 10.2. The first-order chi connectivity index (χ1) is 23.1. The molecule has 0 atom stereocenters. The molecule has 0 aromatic heterocycles. The van der Waals surface area contributed by atoms with Crippen LogP contribution in [-0.4, -0.2) is 33.8 Å². The molecule has 0 unspecified atom stereocenters. The minimum absolute atomic E-state index is 0.374. The smallest absolute Gasteiger partial charge is 0.430 e. The van der Waals surface area contributed by atoms with Gasteiger partial charge in [0.1, 0.15) is 18.9 Å². The molecule has 0 aliphatic rings. The molecule has 252 valence electrons. The Hall–Kier alpha value is -4.47. The summed E-state index contributed by atoms with van der Waals surface area (Å²) in [6.45, 7) is 13.8. The third kappa shape index (κ3) is 13.3. The zero-order valence-corrected chi connectivity index (χ0v) is 29.4. The van der Waals surface area contributed by atoms with Gasteiger partial charge in [-0.15, -0.1) is 0 Å².